The van der Waals surface area contributed by atoms with Crippen molar-refractivity contribution in [2.75, 3.05) is 24.6 Å². The number of ether oxygens (including phenoxy) is 1. The van der Waals surface area contributed by atoms with Gasteiger partial charge in [-0.2, -0.15) is 0 Å². The second-order valence-corrected chi connectivity index (χ2v) is 7.59. The van der Waals surface area contributed by atoms with Crippen molar-refractivity contribution in [1.82, 2.24) is 4.90 Å². The summed E-state index contributed by atoms with van der Waals surface area (Å²) in [6.45, 7) is 5.64. The Balaban J connectivity index is 1.70. The van der Waals surface area contributed by atoms with Gasteiger partial charge in [0.25, 0.3) is 5.91 Å². The van der Waals surface area contributed by atoms with E-state index < -0.39 is 0 Å². The van der Waals surface area contributed by atoms with Gasteiger partial charge in [-0.25, -0.2) is 0 Å². The van der Waals surface area contributed by atoms with Crippen LogP contribution in [0.5, 0.6) is 0 Å². The standard InChI is InChI=1S/C25H32N2O2/c1-2-3-18-29-19-16-25(28)27(23-13-8-5-9-14-23)24-15-10-17-26(21-24)20-22-11-6-4-7-12-22/h4-9,11-14,16,19,24H,2-3,10,15,17-18,20-21H2,1H3. The van der Waals surface area contributed by atoms with E-state index in [9.17, 15) is 4.79 Å². The molecule has 1 aliphatic heterocycles. The van der Waals surface area contributed by atoms with Gasteiger partial charge in [0, 0.05) is 30.9 Å². The molecule has 4 nitrogen and oxygen atoms in total. The molecule has 1 unspecified atom stereocenters. The maximum absolute atomic E-state index is 13.1. The lowest BCUT2D eigenvalue weighted by Crippen LogP contribution is -2.49. The van der Waals surface area contributed by atoms with Crippen LogP contribution in [0.15, 0.2) is 73.0 Å². The first kappa shape index (κ1) is 21.1. The smallest absolute Gasteiger partial charge is 0.254 e. The first-order valence-corrected chi connectivity index (χ1v) is 10.7. The number of benzene rings is 2. The minimum absolute atomic E-state index is 0.0146. The Morgan fingerprint density at radius 2 is 1.86 bits per heavy atom. The molecule has 0 spiro atoms. The summed E-state index contributed by atoms with van der Waals surface area (Å²) in [7, 11) is 0. The Morgan fingerprint density at radius 1 is 1.14 bits per heavy atom. The molecule has 29 heavy (non-hydrogen) atoms. The van der Waals surface area contributed by atoms with Crippen LogP contribution in [0.4, 0.5) is 5.69 Å². The molecule has 3 rings (SSSR count). The monoisotopic (exact) mass is 392 g/mol. The molecule has 0 N–H and O–H groups in total. The number of piperidine rings is 1. The summed E-state index contributed by atoms with van der Waals surface area (Å²) in [5, 5.41) is 0. The van der Waals surface area contributed by atoms with E-state index in [0.29, 0.717) is 6.61 Å². The maximum Gasteiger partial charge on any atom is 0.254 e. The van der Waals surface area contributed by atoms with Crippen molar-refractivity contribution in [1.29, 1.82) is 0 Å². The van der Waals surface area contributed by atoms with Gasteiger partial charge in [-0.05, 0) is 43.5 Å². The third-order valence-corrected chi connectivity index (χ3v) is 5.29. The molecule has 1 heterocycles. The van der Waals surface area contributed by atoms with Crippen LogP contribution < -0.4 is 4.90 Å². The second kappa shape index (κ2) is 11.4. The lowest BCUT2D eigenvalue weighted by molar-refractivity contribution is -0.115. The molecular weight excluding hydrogens is 360 g/mol. The predicted octanol–water partition coefficient (Wildman–Crippen LogP) is 5.01. The average Bonchev–Trinajstić information content (AvgIpc) is 2.76. The van der Waals surface area contributed by atoms with Gasteiger partial charge in [-0.1, -0.05) is 61.9 Å². The molecule has 0 radical (unpaired) electrons. The first-order valence-electron chi connectivity index (χ1n) is 10.7. The van der Waals surface area contributed by atoms with Crippen molar-refractivity contribution >= 4 is 11.6 Å². The number of amides is 1. The highest BCUT2D eigenvalue weighted by atomic mass is 16.5. The number of hydrogen-bond acceptors (Lipinski definition) is 3. The van der Waals surface area contributed by atoms with Gasteiger partial charge < -0.3 is 9.64 Å². The van der Waals surface area contributed by atoms with Crippen molar-refractivity contribution in [3.8, 4) is 0 Å². The number of nitrogens with zero attached hydrogens (tertiary/aromatic N) is 2. The molecule has 1 saturated heterocycles. The van der Waals surface area contributed by atoms with Crippen molar-refractivity contribution in [2.45, 2.75) is 45.2 Å². The van der Waals surface area contributed by atoms with Crippen molar-refractivity contribution in [3.05, 3.63) is 78.6 Å². The van der Waals surface area contributed by atoms with Gasteiger partial charge in [-0.3, -0.25) is 9.69 Å². The minimum atomic E-state index is -0.0146. The Bertz CT molecular complexity index is 761. The highest BCUT2D eigenvalue weighted by molar-refractivity contribution is 6.01. The van der Waals surface area contributed by atoms with E-state index in [1.165, 1.54) is 5.56 Å². The van der Waals surface area contributed by atoms with Gasteiger partial charge in [0.2, 0.25) is 0 Å². The first-order chi connectivity index (χ1) is 14.3. The summed E-state index contributed by atoms with van der Waals surface area (Å²) in [4.78, 5) is 17.5. The number of rotatable bonds is 9. The molecule has 2 aromatic rings. The van der Waals surface area contributed by atoms with Crippen LogP contribution in [0, 0.1) is 0 Å². The number of anilines is 1. The van der Waals surface area contributed by atoms with E-state index in [0.717, 1.165) is 51.0 Å². The lowest BCUT2D eigenvalue weighted by atomic mass is 10.0. The summed E-state index contributed by atoms with van der Waals surface area (Å²) in [5.41, 5.74) is 2.26. The molecule has 1 atom stereocenters. The molecule has 0 bridgehead atoms. The maximum atomic E-state index is 13.1. The highest BCUT2D eigenvalue weighted by Gasteiger charge is 2.28. The van der Waals surface area contributed by atoms with Crippen LogP contribution >= 0.6 is 0 Å². The minimum Gasteiger partial charge on any atom is -0.501 e. The predicted molar refractivity (Wildman–Crippen MR) is 119 cm³/mol. The average molecular weight is 393 g/mol. The molecule has 0 aliphatic carbocycles. The zero-order chi connectivity index (χ0) is 20.3. The quantitative estimate of drug-likeness (QED) is 0.341. The van der Waals surface area contributed by atoms with Crippen LogP contribution in [0.1, 0.15) is 38.2 Å². The number of carbonyl (C=O) groups is 1. The summed E-state index contributed by atoms with van der Waals surface area (Å²) in [6, 6.07) is 20.7. The van der Waals surface area contributed by atoms with Crippen LogP contribution in [-0.2, 0) is 16.1 Å². The van der Waals surface area contributed by atoms with Crippen molar-refractivity contribution < 1.29 is 9.53 Å². The molecule has 1 amide bonds. The van der Waals surface area contributed by atoms with Gasteiger partial charge in [0.15, 0.2) is 0 Å². The van der Waals surface area contributed by atoms with E-state index >= 15 is 0 Å². The van der Waals surface area contributed by atoms with Crippen molar-refractivity contribution in [3.63, 3.8) is 0 Å². The molecule has 4 heteroatoms. The van der Waals surface area contributed by atoms with Crippen LogP contribution in [0.25, 0.3) is 0 Å². The van der Waals surface area contributed by atoms with Crippen LogP contribution in [0.2, 0.25) is 0 Å². The Hall–Kier alpha value is -2.59. The van der Waals surface area contributed by atoms with Gasteiger partial charge in [0.1, 0.15) is 0 Å². The molecular formula is C25H32N2O2. The number of hydrogen-bond donors (Lipinski definition) is 0. The lowest BCUT2D eigenvalue weighted by Gasteiger charge is -2.39. The number of unbranched alkanes of at least 4 members (excludes halogenated alkanes) is 1. The summed E-state index contributed by atoms with van der Waals surface area (Å²) in [6.07, 6.45) is 7.30. The number of para-hydroxylation sites is 1. The molecule has 0 saturated carbocycles. The van der Waals surface area contributed by atoms with E-state index in [1.807, 2.05) is 41.3 Å². The van der Waals surface area contributed by atoms with E-state index in [1.54, 1.807) is 12.3 Å². The third-order valence-electron chi connectivity index (χ3n) is 5.29. The zero-order valence-corrected chi connectivity index (χ0v) is 17.4. The molecule has 1 fully saturated rings. The van der Waals surface area contributed by atoms with Crippen LogP contribution in [-0.4, -0.2) is 36.5 Å². The fourth-order valence-corrected chi connectivity index (χ4v) is 3.82. The van der Waals surface area contributed by atoms with Gasteiger partial charge >= 0.3 is 0 Å². The van der Waals surface area contributed by atoms with E-state index in [2.05, 4.69) is 36.1 Å². The van der Waals surface area contributed by atoms with Crippen LogP contribution in [0.3, 0.4) is 0 Å². The molecule has 0 aromatic heterocycles. The van der Waals surface area contributed by atoms with E-state index in [-0.39, 0.29) is 11.9 Å². The highest BCUT2D eigenvalue weighted by Crippen LogP contribution is 2.24. The summed E-state index contributed by atoms with van der Waals surface area (Å²) in [5.74, 6) is -0.0146. The fraction of sp³-hybridized carbons (Fsp3) is 0.400. The van der Waals surface area contributed by atoms with Crippen molar-refractivity contribution in [2.24, 2.45) is 0 Å². The zero-order valence-electron chi connectivity index (χ0n) is 17.4. The third kappa shape index (κ3) is 6.47. The fourth-order valence-electron chi connectivity index (χ4n) is 3.82. The van der Waals surface area contributed by atoms with Gasteiger partial charge in [0.05, 0.1) is 12.9 Å². The molecule has 154 valence electrons. The number of carbonyl (C=O) groups excluding carboxylic acids is 1. The Morgan fingerprint density at radius 3 is 2.59 bits per heavy atom. The summed E-state index contributed by atoms with van der Waals surface area (Å²) >= 11 is 0. The Labute approximate surface area is 174 Å². The number of likely N-dealkylation sites (tertiary alicyclic amines) is 1. The SMILES string of the molecule is CCCCOC=CC(=O)N(c1ccccc1)C1CCCN(Cc2ccccc2)C1. The topological polar surface area (TPSA) is 32.8 Å². The molecule has 1 aliphatic rings. The summed E-state index contributed by atoms with van der Waals surface area (Å²) < 4.78 is 5.48. The van der Waals surface area contributed by atoms with Gasteiger partial charge in [-0.15, -0.1) is 0 Å². The van der Waals surface area contributed by atoms with E-state index in [4.69, 9.17) is 4.74 Å². The largest absolute Gasteiger partial charge is 0.501 e. The molecule has 2 aromatic carbocycles. The Kier molecular flexibility index (Phi) is 8.32. The normalized spacial score (nSPS) is 17.3. The second-order valence-electron chi connectivity index (χ2n) is 7.59.